The van der Waals surface area contributed by atoms with E-state index in [1.54, 1.807) is 0 Å². The van der Waals surface area contributed by atoms with Crippen LogP contribution in [0.3, 0.4) is 0 Å². The first-order chi connectivity index (χ1) is 25.3. The summed E-state index contributed by atoms with van der Waals surface area (Å²) in [5.41, 5.74) is 3.64. The normalized spacial score (nSPS) is 26.8. The van der Waals surface area contributed by atoms with Gasteiger partial charge in [-0.1, -0.05) is 126 Å². The van der Waals surface area contributed by atoms with E-state index in [1.807, 2.05) is 12.1 Å². The Bertz CT molecular complexity index is 1430. The Balaban J connectivity index is 1.14. The fourth-order valence-electron chi connectivity index (χ4n) is 12.1. The fraction of sp³-hybridized carbons (Fsp3) is 0.765. The zero-order valence-corrected chi connectivity index (χ0v) is 36.4. The molecule has 0 saturated heterocycles. The molecule has 2 aromatic carbocycles. The van der Waals surface area contributed by atoms with Gasteiger partial charge in [0.25, 0.3) is 0 Å². The third kappa shape index (κ3) is 10.7. The molecule has 54 heavy (non-hydrogen) atoms. The minimum atomic E-state index is -0.121. The lowest BCUT2D eigenvalue weighted by atomic mass is 9.49. The van der Waals surface area contributed by atoms with Crippen molar-refractivity contribution in [3.8, 4) is 11.5 Å². The molecule has 3 atom stereocenters. The van der Waals surface area contributed by atoms with Crippen LogP contribution in [0.5, 0.6) is 11.5 Å². The molecular weight excluding hydrogens is 661 g/mol. The zero-order chi connectivity index (χ0) is 38.9. The van der Waals surface area contributed by atoms with Crippen LogP contribution in [0.4, 0.5) is 0 Å². The highest BCUT2D eigenvalue weighted by Crippen LogP contribution is 2.62. The largest absolute Gasteiger partial charge is 0.508 e. The average molecular weight is 741 g/mol. The van der Waals surface area contributed by atoms with Crippen molar-refractivity contribution in [2.75, 3.05) is 6.61 Å². The Hall–Kier alpha value is -2.00. The SMILES string of the molecule is CC(C)(C)CC(c1ccc(O)cc1)C(C)(C)CCC(C)(C)CC(c1ccc(OC(OCCC2CCCCC2)C23CC4CC(CC(C4)C2)C3)cc1)C(C)(C)C. The molecule has 7 rings (SSSR count). The summed E-state index contributed by atoms with van der Waals surface area (Å²) < 4.78 is 14.0. The molecule has 1 N–H and O–H groups in total. The average Bonchev–Trinajstić information content (AvgIpc) is 3.08. The summed E-state index contributed by atoms with van der Waals surface area (Å²) in [7, 11) is 0. The van der Waals surface area contributed by atoms with Crippen LogP contribution in [0.15, 0.2) is 48.5 Å². The van der Waals surface area contributed by atoms with Crippen LogP contribution >= 0.6 is 0 Å². The second-order valence-corrected chi connectivity index (χ2v) is 23.1. The van der Waals surface area contributed by atoms with Crippen LogP contribution in [0.2, 0.25) is 0 Å². The van der Waals surface area contributed by atoms with Gasteiger partial charge in [-0.25, -0.2) is 0 Å². The van der Waals surface area contributed by atoms with Gasteiger partial charge in [0.15, 0.2) is 0 Å². The Morgan fingerprint density at radius 1 is 0.667 bits per heavy atom. The number of benzene rings is 2. The van der Waals surface area contributed by atoms with Gasteiger partial charge in [0.2, 0.25) is 6.29 Å². The van der Waals surface area contributed by atoms with E-state index in [0.717, 1.165) is 55.3 Å². The Morgan fingerprint density at radius 3 is 1.74 bits per heavy atom. The molecule has 4 bridgehead atoms. The molecule has 0 heterocycles. The minimum Gasteiger partial charge on any atom is -0.508 e. The van der Waals surface area contributed by atoms with Crippen LogP contribution in [0.1, 0.15) is 195 Å². The summed E-state index contributed by atoms with van der Waals surface area (Å²) >= 11 is 0. The molecule has 3 unspecified atom stereocenters. The van der Waals surface area contributed by atoms with Crippen molar-refractivity contribution < 1.29 is 14.6 Å². The second-order valence-electron chi connectivity index (χ2n) is 23.1. The van der Waals surface area contributed by atoms with Gasteiger partial charge in [0.1, 0.15) is 11.5 Å². The molecule has 0 radical (unpaired) electrons. The number of aromatic hydroxyl groups is 1. The standard InChI is InChI=1S/C51H80O3/c1-47(2,3)34-45(41-16-20-42(52)21-17-41)50(9,10)26-25-49(7,8)35-44(48(4,5)6)40-18-22-43(23-19-40)54-46(53-27-24-36-14-12-11-13-15-36)51-31-37-28-38(32-51)30-39(29-37)33-51/h16-23,36-39,44-46,52H,11-15,24-35H2,1-10H3. The van der Waals surface area contributed by atoms with Crippen molar-refractivity contribution in [3.05, 3.63) is 59.7 Å². The monoisotopic (exact) mass is 741 g/mol. The molecule has 2 aromatic rings. The van der Waals surface area contributed by atoms with Crippen molar-refractivity contribution in [2.45, 2.75) is 190 Å². The van der Waals surface area contributed by atoms with Gasteiger partial charge in [-0.3, -0.25) is 0 Å². The first-order valence-corrected chi connectivity index (χ1v) is 22.5. The van der Waals surface area contributed by atoms with E-state index in [9.17, 15) is 5.11 Å². The first-order valence-electron chi connectivity index (χ1n) is 22.5. The van der Waals surface area contributed by atoms with Crippen LogP contribution in [0.25, 0.3) is 0 Å². The van der Waals surface area contributed by atoms with Crippen molar-refractivity contribution in [3.63, 3.8) is 0 Å². The van der Waals surface area contributed by atoms with Gasteiger partial charge in [0, 0.05) is 5.41 Å². The highest BCUT2D eigenvalue weighted by atomic mass is 16.7. The van der Waals surface area contributed by atoms with Gasteiger partial charge in [-0.15, -0.1) is 0 Å². The van der Waals surface area contributed by atoms with E-state index >= 15 is 0 Å². The summed E-state index contributed by atoms with van der Waals surface area (Å²) in [5, 5.41) is 10.0. The third-order valence-corrected chi connectivity index (χ3v) is 14.9. The van der Waals surface area contributed by atoms with Crippen LogP contribution < -0.4 is 4.74 Å². The fourth-order valence-corrected chi connectivity index (χ4v) is 12.1. The lowest BCUT2D eigenvalue weighted by molar-refractivity contribution is -0.216. The summed E-state index contributed by atoms with van der Waals surface area (Å²) in [6, 6.07) is 17.3. The van der Waals surface area contributed by atoms with Gasteiger partial charge in [0.05, 0.1) is 6.61 Å². The lowest BCUT2D eigenvalue weighted by Gasteiger charge is -2.58. The second kappa shape index (κ2) is 16.5. The molecule has 5 aliphatic rings. The summed E-state index contributed by atoms with van der Waals surface area (Å²) in [4.78, 5) is 0. The van der Waals surface area contributed by atoms with E-state index < -0.39 is 0 Å². The van der Waals surface area contributed by atoms with Crippen molar-refractivity contribution in [1.29, 1.82) is 0 Å². The molecule has 5 aliphatic carbocycles. The highest BCUT2D eigenvalue weighted by Gasteiger charge is 2.56. The predicted molar refractivity (Wildman–Crippen MR) is 227 cm³/mol. The van der Waals surface area contributed by atoms with E-state index in [1.165, 1.54) is 94.6 Å². The molecule has 3 nitrogen and oxygen atoms in total. The Morgan fingerprint density at radius 2 is 1.20 bits per heavy atom. The van der Waals surface area contributed by atoms with Gasteiger partial charge < -0.3 is 14.6 Å². The maximum Gasteiger partial charge on any atom is 0.205 e. The summed E-state index contributed by atoms with van der Waals surface area (Å²) in [6.45, 7) is 25.2. The molecule has 5 saturated carbocycles. The molecule has 0 aliphatic heterocycles. The number of hydrogen-bond acceptors (Lipinski definition) is 3. The van der Waals surface area contributed by atoms with Gasteiger partial charge in [-0.05, 0) is 163 Å². The number of rotatable bonds is 16. The van der Waals surface area contributed by atoms with Crippen molar-refractivity contribution in [2.24, 2.45) is 50.7 Å². The highest BCUT2D eigenvalue weighted by molar-refractivity contribution is 5.32. The summed E-state index contributed by atoms with van der Waals surface area (Å²) in [6.07, 6.45) is 20.9. The topological polar surface area (TPSA) is 38.7 Å². The Labute approximate surface area is 332 Å². The van der Waals surface area contributed by atoms with Gasteiger partial charge >= 0.3 is 0 Å². The van der Waals surface area contributed by atoms with E-state index in [0.29, 0.717) is 17.6 Å². The van der Waals surface area contributed by atoms with Gasteiger partial charge in [-0.2, -0.15) is 0 Å². The number of hydrogen-bond donors (Lipinski definition) is 1. The number of ether oxygens (including phenoxy) is 2. The first kappa shape index (κ1) is 41.6. The van der Waals surface area contributed by atoms with Crippen LogP contribution in [-0.2, 0) is 4.74 Å². The number of phenols is 1. The molecule has 302 valence electrons. The minimum absolute atomic E-state index is 0.121. The molecule has 5 fully saturated rings. The molecule has 0 amide bonds. The predicted octanol–water partition coefficient (Wildman–Crippen LogP) is 14.9. The van der Waals surface area contributed by atoms with E-state index in [4.69, 9.17) is 9.47 Å². The third-order valence-electron chi connectivity index (χ3n) is 14.9. The van der Waals surface area contributed by atoms with E-state index in [-0.39, 0.29) is 33.4 Å². The number of phenolic OH excluding ortho intramolecular Hbond substituents is 1. The van der Waals surface area contributed by atoms with Crippen LogP contribution in [0, 0.1) is 50.7 Å². The molecule has 0 spiro atoms. The van der Waals surface area contributed by atoms with Crippen molar-refractivity contribution in [1.82, 2.24) is 0 Å². The molecule has 0 aromatic heterocycles. The quantitative estimate of drug-likeness (QED) is 0.174. The maximum absolute atomic E-state index is 10.0. The lowest BCUT2D eigenvalue weighted by Crippen LogP contribution is -2.54. The van der Waals surface area contributed by atoms with Crippen LogP contribution in [-0.4, -0.2) is 18.0 Å². The van der Waals surface area contributed by atoms with Crippen molar-refractivity contribution >= 4 is 0 Å². The smallest absolute Gasteiger partial charge is 0.205 e. The molecular formula is C51H80O3. The maximum atomic E-state index is 10.0. The zero-order valence-electron chi connectivity index (χ0n) is 36.4. The van der Waals surface area contributed by atoms with E-state index in [2.05, 4.69) is 106 Å². The molecule has 3 heteroatoms. The Kier molecular flexibility index (Phi) is 12.7. The summed E-state index contributed by atoms with van der Waals surface area (Å²) in [5.74, 6) is 5.69.